The number of thiazole rings is 1. The van der Waals surface area contributed by atoms with Crippen molar-refractivity contribution in [1.82, 2.24) is 4.57 Å². The second-order valence-electron chi connectivity index (χ2n) is 9.95. The number of carbonyl (C=O) groups excluding carboxylic acids is 1. The summed E-state index contributed by atoms with van der Waals surface area (Å²) in [6.07, 6.45) is 1.71. The van der Waals surface area contributed by atoms with E-state index >= 15 is 0 Å². The topological polar surface area (TPSA) is 105 Å². The number of halogens is 1. The molecule has 0 radical (unpaired) electrons. The number of ether oxygens (including phenoxy) is 4. The van der Waals surface area contributed by atoms with Gasteiger partial charge >= 0.3 is 5.97 Å². The van der Waals surface area contributed by atoms with E-state index in [0.29, 0.717) is 70.0 Å². The molecular weight excluding hydrogens is 650 g/mol. The molecule has 0 N–H and O–H groups in total. The zero-order chi connectivity index (χ0) is 30.8. The molecule has 44 heavy (non-hydrogen) atoms. The number of hydrogen-bond acceptors (Lipinski definition) is 10. The summed E-state index contributed by atoms with van der Waals surface area (Å²) < 4.78 is 31.0. The zero-order valence-electron chi connectivity index (χ0n) is 24.4. The molecule has 0 spiro atoms. The van der Waals surface area contributed by atoms with E-state index in [1.54, 1.807) is 32.2 Å². The lowest BCUT2D eigenvalue weighted by Gasteiger charge is -2.26. The van der Waals surface area contributed by atoms with Crippen molar-refractivity contribution in [3.8, 4) is 11.5 Å². The van der Waals surface area contributed by atoms with Crippen LogP contribution >= 0.6 is 27.3 Å². The number of fused-ring (bicyclic) bond motifs is 1. The molecule has 0 aliphatic carbocycles. The number of aromatic nitrogens is 1. The smallest absolute Gasteiger partial charge is 0.338 e. The summed E-state index contributed by atoms with van der Waals surface area (Å²) in [5.41, 5.74) is 1.73. The highest BCUT2D eigenvalue weighted by molar-refractivity contribution is 9.10. The molecule has 1 fully saturated rings. The number of hydrogen-bond donors (Lipinski definition) is 0. The van der Waals surface area contributed by atoms with Crippen molar-refractivity contribution in [2.24, 2.45) is 4.99 Å². The van der Waals surface area contributed by atoms with Crippen molar-refractivity contribution in [2.75, 3.05) is 52.0 Å². The van der Waals surface area contributed by atoms with Gasteiger partial charge in [0, 0.05) is 30.8 Å². The third-order valence-corrected chi connectivity index (χ3v) is 8.91. The zero-order valence-corrected chi connectivity index (χ0v) is 26.8. The van der Waals surface area contributed by atoms with Gasteiger partial charge in [-0.1, -0.05) is 47.7 Å². The van der Waals surface area contributed by atoms with Gasteiger partial charge < -0.3 is 28.3 Å². The Morgan fingerprint density at radius 2 is 1.84 bits per heavy atom. The highest BCUT2D eigenvalue weighted by Crippen LogP contribution is 2.38. The molecule has 4 aromatic rings. The lowest BCUT2D eigenvalue weighted by molar-refractivity contribution is -0.138. The number of anilines is 1. The number of rotatable bonds is 8. The molecule has 1 atom stereocenters. The molecule has 0 bridgehead atoms. The van der Waals surface area contributed by atoms with Gasteiger partial charge in [0.1, 0.15) is 5.76 Å². The average molecular weight is 681 g/mol. The normalized spacial score (nSPS) is 16.9. The van der Waals surface area contributed by atoms with E-state index in [-0.39, 0.29) is 17.7 Å². The maximum Gasteiger partial charge on any atom is 0.338 e. The SMILES string of the molecule is CCOC(=O)C1=C(c2ccccc2)N=c2s/c(=C/c3cc(Br)c(N4CCOCC4)o3)c(=O)n2[C@H]1c1ccc(OC)c(OC)c1. The lowest BCUT2D eigenvalue weighted by atomic mass is 9.93. The summed E-state index contributed by atoms with van der Waals surface area (Å²) in [5.74, 6) is 1.62. The molecular formula is C32H30BrN3O7S. The highest BCUT2D eigenvalue weighted by Gasteiger charge is 2.35. The summed E-state index contributed by atoms with van der Waals surface area (Å²) in [5, 5.41) is 0. The fraction of sp³-hybridized carbons (Fsp3) is 0.281. The third-order valence-electron chi connectivity index (χ3n) is 7.36. The Balaban J connectivity index is 1.57. The van der Waals surface area contributed by atoms with Gasteiger partial charge in [-0.05, 0) is 40.5 Å². The van der Waals surface area contributed by atoms with Crippen LogP contribution in [0, 0.1) is 0 Å². The van der Waals surface area contributed by atoms with Gasteiger partial charge in [-0.3, -0.25) is 9.36 Å². The van der Waals surface area contributed by atoms with Crippen molar-refractivity contribution in [1.29, 1.82) is 0 Å². The Labute approximate surface area is 265 Å². The fourth-order valence-corrected chi connectivity index (χ4v) is 6.88. The Kier molecular flexibility index (Phi) is 8.74. The molecule has 2 aliphatic rings. The van der Waals surface area contributed by atoms with Gasteiger partial charge in [0.25, 0.3) is 5.56 Å². The largest absolute Gasteiger partial charge is 0.493 e. The van der Waals surface area contributed by atoms with Gasteiger partial charge in [0.15, 0.2) is 16.3 Å². The van der Waals surface area contributed by atoms with Crippen molar-refractivity contribution in [2.45, 2.75) is 13.0 Å². The molecule has 2 aliphatic heterocycles. The molecule has 0 saturated carbocycles. The minimum atomic E-state index is -0.852. The number of benzene rings is 2. The third kappa shape index (κ3) is 5.60. The van der Waals surface area contributed by atoms with Gasteiger partial charge in [0.05, 0.1) is 60.4 Å². The van der Waals surface area contributed by atoms with Crippen LogP contribution < -0.4 is 29.3 Å². The predicted octanol–water partition coefficient (Wildman–Crippen LogP) is 4.14. The lowest BCUT2D eigenvalue weighted by Crippen LogP contribution is -2.40. The van der Waals surface area contributed by atoms with Gasteiger partial charge in [-0.15, -0.1) is 0 Å². The number of morpholine rings is 1. The fourth-order valence-electron chi connectivity index (χ4n) is 5.34. The van der Waals surface area contributed by atoms with E-state index in [2.05, 4.69) is 20.8 Å². The summed E-state index contributed by atoms with van der Waals surface area (Å²) >= 11 is 4.83. The number of carbonyl (C=O) groups is 1. The first-order valence-electron chi connectivity index (χ1n) is 14.1. The first-order chi connectivity index (χ1) is 21.4. The minimum Gasteiger partial charge on any atom is -0.493 e. The Morgan fingerprint density at radius 1 is 1.09 bits per heavy atom. The van der Waals surface area contributed by atoms with E-state index in [1.807, 2.05) is 42.5 Å². The van der Waals surface area contributed by atoms with Gasteiger partial charge in [-0.2, -0.15) is 0 Å². The molecule has 0 unspecified atom stereocenters. The Bertz CT molecular complexity index is 1910. The first kappa shape index (κ1) is 29.9. The van der Waals surface area contributed by atoms with E-state index < -0.39 is 12.0 Å². The van der Waals surface area contributed by atoms with Crippen LogP contribution in [0.2, 0.25) is 0 Å². The molecule has 1 saturated heterocycles. The minimum absolute atomic E-state index is 0.159. The summed E-state index contributed by atoms with van der Waals surface area (Å²) in [6.45, 7) is 4.55. The van der Waals surface area contributed by atoms with Crippen molar-refractivity contribution in [3.05, 3.63) is 101 Å². The van der Waals surface area contributed by atoms with Crippen LogP contribution in [0.4, 0.5) is 5.88 Å². The van der Waals surface area contributed by atoms with Crippen molar-refractivity contribution >= 4 is 50.9 Å². The summed E-state index contributed by atoms with van der Waals surface area (Å²) in [4.78, 5) is 35.3. The molecule has 2 aromatic heterocycles. The van der Waals surface area contributed by atoms with Gasteiger partial charge in [-0.25, -0.2) is 9.79 Å². The molecule has 6 rings (SSSR count). The Morgan fingerprint density at radius 3 is 2.55 bits per heavy atom. The van der Waals surface area contributed by atoms with E-state index in [1.165, 1.54) is 23.0 Å². The van der Waals surface area contributed by atoms with Crippen LogP contribution in [-0.4, -0.2) is 57.7 Å². The second kappa shape index (κ2) is 12.8. The standard InChI is InChI=1S/C32H30BrN3O7S/c1-4-42-31(38)26-27(19-8-6-5-7-9-19)34-32-36(28(26)20-10-11-23(39-2)24(16-20)40-3)29(37)25(44-32)18-21-17-22(33)30(43-21)35-12-14-41-15-13-35/h5-11,16-18,28H,4,12-15H2,1-3H3/b25-18+/t28-/m0/s1. The molecule has 4 heterocycles. The van der Waals surface area contributed by atoms with Crippen LogP contribution in [0.25, 0.3) is 11.8 Å². The molecule has 12 heteroatoms. The highest BCUT2D eigenvalue weighted by atomic mass is 79.9. The quantitative estimate of drug-likeness (QED) is 0.256. The van der Waals surface area contributed by atoms with Crippen LogP contribution in [0.5, 0.6) is 11.5 Å². The molecule has 2 aromatic carbocycles. The van der Waals surface area contributed by atoms with Crippen molar-refractivity contribution < 1.29 is 28.2 Å². The van der Waals surface area contributed by atoms with Crippen molar-refractivity contribution in [3.63, 3.8) is 0 Å². The molecule has 228 valence electrons. The predicted molar refractivity (Wildman–Crippen MR) is 170 cm³/mol. The van der Waals surface area contributed by atoms with Crippen LogP contribution in [0.15, 0.2) is 78.8 Å². The second-order valence-corrected chi connectivity index (χ2v) is 11.8. The summed E-state index contributed by atoms with van der Waals surface area (Å²) in [7, 11) is 3.09. The van der Waals surface area contributed by atoms with Crippen LogP contribution in [-0.2, 0) is 14.3 Å². The van der Waals surface area contributed by atoms with Crippen LogP contribution in [0.1, 0.15) is 29.9 Å². The first-order valence-corrected chi connectivity index (χ1v) is 15.7. The number of esters is 1. The number of furan rings is 1. The maximum atomic E-state index is 14.2. The maximum absolute atomic E-state index is 14.2. The molecule has 0 amide bonds. The number of methoxy groups -OCH3 is 2. The monoisotopic (exact) mass is 679 g/mol. The van der Waals surface area contributed by atoms with E-state index in [0.717, 1.165) is 10.0 Å². The van der Waals surface area contributed by atoms with E-state index in [4.69, 9.17) is 28.4 Å². The molecule has 10 nitrogen and oxygen atoms in total. The van der Waals surface area contributed by atoms with Gasteiger partial charge in [0.2, 0.25) is 5.88 Å². The Hall–Kier alpha value is -4.13. The summed E-state index contributed by atoms with van der Waals surface area (Å²) in [6, 6.07) is 15.7. The average Bonchev–Trinajstić information content (AvgIpc) is 3.58. The number of nitrogens with zero attached hydrogens (tertiary/aromatic N) is 3. The van der Waals surface area contributed by atoms with Crippen LogP contribution in [0.3, 0.4) is 0 Å². The van der Waals surface area contributed by atoms with E-state index in [9.17, 15) is 9.59 Å².